The largest absolute Gasteiger partial charge is 0.324 e. The molecule has 0 aromatic heterocycles. The summed E-state index contributed by atoms with van der Waals surface area (Å²) < 4.78 is 0. The smallest absolute Gasteiger partial charge is 0.252 e. The number of amides is 2. The molecule has 32 heavy (non-hydrogen) atoms. The van der Waals surface area contributed by atoms with E-state index in [0.29, 0.717) is 6.42 Å². The molecule has 0 heterocycles. The van der Waals surface area contributed by atoms with Crippen molar-refractivity contribution in [3.63, 3.8) is 0 Å². The Bertz CT molecular complexity index is 1230. The number of rotatable bonds is 10. The summed E-state index contributed by atoms with van der Waals surface area (Å²) in [5.41, 5.74) is 11.8. The number of hydrogen-bond acceptors (Lipinski definition) is 6. The number of nitrogens with one attached hydrogen (secondary N) is 5. The molecule has 1 atom stereocenters. The van der Waals surface area contributed by atoms with Gasteiger partial charge >= 0.3 is 0 Å². The average Bonchev–Trinajstić information content (AvgIpc) is 2.81. The van der Waals surface area contributed by atoms with Gasteiger partial charge in [-0.1, -0.05) is 48.5 Å². The molecule has 0 saturated carbocycles. The summed E-state index contributed by atoms with van der Waals surface area (Å²) in [5.74, 6) is 0.397. The summed E-state index contributed by atoms with van der Waals surface area (Å²) in [4.78, 5) is 24.9. The lowest BCUT2D eigenvalue weighted by atomic mass is 9.93. The first-order chi connectivity index (χ1) is 15.6. The third kappa shape index (κ3) is 4.63. The highest BCUT2D eigenvalue weighted by atomic mass is 32.2. The number of thioether (sulfide) groups is 1. The van der Waals surface area contributed by atoms with E-state index in [1.807, 2.05) is 18.4 Å². The van der Waals surface area contributed by atoms with Crippen LogP contribution in [0, 0.1) is 0 Å². The highest BCUT2D eigenvalue weighted by Gasteiger charge is 2.17. The maximum absolute atomic E-state index is 12.6. The molecule has 4 aromatic rings. The molecule has 0 radical (unpaired) electrons. The van der Waals surface area contributed by atoms with Crippen LogP contribution in [0.2, 0.25) is 0 Å². The quantitative estimate of drug-likeness (QED) is 0.189. The van der Waals surface area contributed by atoms with Crippen molar-refractivity contribution < 1.29 is 9.59 Å². The second kappa shape index (κ2) is 10.1. The predicted octanol–water partition coefficient (Wildman–Crippen LogP) is 2.99. The maximum Gasteiger partial charge on any atom is 0.252 e. The summed E-state index contributed by atoms with van der Waals surface area (Å²) in [7, 11) is 1.72. The van der Waals surface area contributed by atoms with Crippen LogP contribution in [-0.4, -0.2) is 43.5 Å². The van der Waals surface area contributed by atoms with Gasteiger partial charge in [0.15, 0.2) is 0 Å². The third-order valence-electron chi connectivity index (χ3n) is 5.51. The molecule has 1 unspecified atom stereocenters. The van der Waals surface area contributed by atoms with E-state index in [4.69, 9.17) is 0 Å². The standard InChI is InChI=1S/C24H27N5O2S/c1-25-28-20(12-13-32-2)24(31)29-26-14-21(30)27-19-11-9-17-7-6-15-4-3-5-16-8-10-18(19)23(17)22(15)16/h3-11,20,25-26,28H,12-14H2,1-2H3,(H,27,30)(H,29,31). The Morgan fingerprint density at radius 2 is 1.62 bits per heavy atom. The first kappa shape index (κ1) is 22.3. The number of hydrogen-bond donors (Lipinski definition) is 5. The van der Waals surface area contributed by atoms with Gasteiger partial charge in [-0.2, -0.15) is 11.8 Å². The van der Waals surface area contributed by atoms with Crippen LogP contribution in [0.15, 0.2) is 54.6 Å². The molecule has 0 saturated heterocycles. The van der Waals surface area contributed by atoms with E-state index in [1.165, 1.54) is 16.2 Å². The van der Waals surface area contributed by atoms with Gasteiger partial charge in [-0.15, -0.1) is 0 Å². The fraction of sp³-hybridized carbons (Fsp3) is 0.250. The molecule has 0 aliphatic heterocycles. The van der Waals surface area contributed by atoms with Gasteiger partial charge in [0, 0.05) is 11.1 Å². The van der Waals surface area contributed by atoms with Crippen molar-refractivity contribution >= 4 is 61.6 Å². The summed E-state index contributed by atoms with van der Waals surface area (Å²) in [6.07, 6.45) is 2.67. The lowest BCUT2D eigenvalue weighted by Gasteiger charge is -2.18. The van der Waals surface area contributed by atoms with Crippen molar-refractivity contribution in [2.24, 2.45) is 0 Å². The van der Waals surface area contributed by atoms with Crippen molar-refractivity contribution in [3.05, 3.63) is 54.6 Å². The first-order valence-corrected chi connectivity index (χ1v) is 11.9. The Morgan fingerprint density at radius 3 is 2.34 bits per heavy atom. The normalized spacial score (nSPS) is 12.4. The molecule has 4 rings (SSSR count). The number of benzene rings is 4. The van der Waals surface area contributed by atoms with Crippen LogP contribution < -0.4 is 27.0 Å². The van der Waals surface area contributed by atoms with Gasteiger partial charge in [0.05, 0.1) is 6.54 Å². The van der Waals surface area contributed by atoms with Gasteiger partial charge in [-0.25, -0.2) is 10.9 Å². The van der Waals surface area contributed by atoms with Gasteiger partial charge in [0.2, 0.25) is 5.91 Å². The average molecular weight is 450 g/mol. The molecule has 8 heteroatoms. The van der Waals surface area contributed by atoms with E-state index in [0.717, 1.165) is 27.6 Å². The van der Waals surface area contributed by atoms with E-state index < -0.39 is 0 Å². The second-order valence-electron chi connectivity index (χ2n) is 7.59. The van der Waals surface area contributed by atoms with Gasteiger partial charge in [-0.05, 0) is 58.5 Å². The van der Waals surface area contributed by atoms with Crippen molar-refractivity contribution in [2.75, 3.05) is 30.9 Å². The van der Waals surface area contributed by atoms with Gasteiger partial charge in [-0.3, -0.25) is 20.4 Å². The minimum absolute atomic E-state index is 0.0392. The lowest BCUT2D eigenvalue weighted by molar-refractivity contribution is -0.124. The minimum Gasteiger partial charge on any atom is -0.324 e. The lowest BCUT2D eigenvalue weighted by Crippen LogP contribution is -2.53. The molecule has 0 bridgehead atoms. The van der Waals surface area contributed by atoms with Crippen LogP contribution in [0.25, 0.3) is 32.3 Å². The predicted molar refractivity (Wildman–Crippen MR) is 134 cm³/mol. The van der Waals surface area contributed by atoms with Crippen LogP contribution in [0.1, 0.15) is 6.42 Å². The number of hydrazine groups is 2. The SMILES string of the molecule is CNNC(CCSC)C(=O)NNCC(=O)Nc1ccc2ccc3cccc4ccc1c2c34. The zero-order chi connectivity index (χ0) is 22.5. The molecule has 4 aromatic carbocycles. The van der Waals surface area contributed by atoms with E-state index in [1.54, 1.807) is 18.8 Å². The zero-order valence-electron chi connectivity index (χ0n) is 18.1. The molecule has 0 aliphatic rings. The summed E-state index contributed by atoms with van der Waals surface area (Å²) in [5, 5.41) is 9.83. The third-order valence-corrected chi connectivity index (χ3v) is 6.15. The summed E-state index contributed by atoms with van der Waals surface area (Å²) in [6, 6.07) is 18.2. The first-order valence-electron chi connectivity index (χ1n) is 10.5. The van der Waals surface area contributed by atoms with E-state index in [9.17, 15) is 9.59 Å². The summed E-state index contributed by atoms with van der Waals surface area (Å²) >= 11 is 1.67. The van der Waals surface area contributed by atoms with Crippen LogP contribution in [0.3, 0.4) is 0 Å². The van der Waals surface area contributed by atoms with Gasteiger partial charge in [0.25, 0.3) is 5.91 Å². The van der Waals surface area contributed by atoms with Crippen molar-refractivity contribution in [1.82, 2.24) is 21.7 Å². The Hall–Kier alpha value is -2.91. The molecule has 166 valence electrons. The van der Waals surface area contributed by atoms with Crippen LogP contribution in [-0.2, 0) is 9.59 Å². The Kier molecular flexibility index (Phi) is 7.06. The number of carbonyl (C=O) groups excluding carboxylic acids is 2. The Labute approximate surface area is 191 Å². The fourth-order valence-corrected chi connectivity index (χ4v) is 4.49. The zero-order valence-corrected chi connectivity index (χ0v) is 18.9. The maximum atomic E-state index is 12.6. The van der Waals surface area contributed by atoms with Crippen molar-refractivity contribution in [3.8, 4) is 0 Å². The van der Waals surface area contributed by atoms with Crippen molar-refractivity contribution in [2.45, 2.75) is 12.5 Å². The molecule has 0 fully saturated rings. The van der Waals surface area contributed by atoms with Crippen molar-refractivity contribution in [1.29, 1.82) is 0 Å². The highest BCUT2D eigenvalue weighted by Crippen LogP contribution is 2.37. The molecule has 7 nitrogen and oxygen atoms in total. The number of anilines is 1. The van der Waals surface area contributed by atoms with Crippen LogP contribution >= 0.6 is 11.8 Å². The van der Waals surface area contributed by atoms with Crippen LogP contribution in [0.4, 0.5) is 5.69 Å². The molecular formula is C24H27N5O2S. The minimum atomic E-state index is -0.388. The van der Waals surface area contributed by atoms with Gasteiger partial charge in [0.1, 0.15) is 6.04 Å². The second-order valence-corrected chi connectivity index (χ2v) is 8.57. The summed E-state index contributed by atoms with van der Waals surface area (Å²) in [6.45, 7) is -0.0392. The molecule has 2 amide bonds. The fourth-order valence-electron chi connectivity index (χ4n) is 4.02. The molecule has 0 spiro atoms. The Morgan fingerprint density at radius 1 is 0.938 bits per heavy atom. The molecule has 5 N–H and O–H groups in total. The molecular weight excluding hydrogens is 422 g/mol. The monoisotopic (exact) mass is 449 g/mol. The van der Waals surface area contributed by atoms with E-state index in [-0.39, 0.29) is 24.4 Å². The van der Waals surface area contributed by atoms with Gasteiger partial charge < -0.3 is 5.32 Å². The topological polar surface area (TPSA) is 94.3 Å². The Balaban J connectivity index is 1.44. The van der Waals surface area contributed by atoms with E-state index in [2.05, 4.69) is 69.5 Å². The van der Waals surface area contributed by atoms with E-state index >= 15 is 0 Å². The van der Waals surface area contributed by atoms with Crippen LogP contribution in [0.5, 0.6) is 0 Å². The number of carbonyl (C=O) groups is 2. The molecule has 0 aliphatic carbocycles. The highest BCUT2D eigenvalue weighted by molar-refractivity contribution is 7.98.